The van der Waals surface area contributed by atoms with E-state index in [0.717, 1.165) is 36.0 Å². The fourth-order valence-corrected chi connectivity index (χ4v) is 5.89. The molecule has 4 unspecified atom stereocenters. The van der Waals surface area contributed by atoms with Crippen LogP contribution >= 0.6 is 0 Å². The summed E-state index contributed by atoms with van der Waals surface area (Å²) < 4.78 is 0. The van der Waals surface area contributed by atoms with Gasteiger partial charge in [0.1, 0.15) is 0 Å². The monoisotopic (exact) mass is 446 g/mol. The molecule has 4 heterocycles. The van der Waals surface area contributed by atoms with Crippen molar-refractivity contribution in [2.75, 3.05) is 13.1 Å². The second-order valence-electron chi connectivity index (χ2n) is 9.72. The number of aliphatic hydroxyl groups excluding tert-OH is 1. The molecule has 3 aliphatic heterocycles. The van der Waals surface area contributed by atoms with Crippen LogP contribution in [0.25, 0.3) is 28.1 Å². The lowest BCUT2D eigenvalue weighted by Gasteiger charge is -2.50. The first kappa shape index (κ1) is 21.3. The fraction of sp³-hybridized carbons (Fsp3) is 0.258. The average molecular weight is 447 g/mol. The van der Waals surface area contributed by atoms with E-state index < -0.39 is 6.10 Å². The van der Waals surface area contributed by atoms with Gasteiger partial charge in [0.25, 0.3) is 0 Å². The van der Waals surface area contributed by atoms with E-state index in [9.17, 15) is 5.11 Å². The zero-order valence-electron chi connectivity index (χ0n) is 19.3. The summed E-state index contributed by atoms with van der Waals surface area (Å²) in [6.45, 7) is 2.10. The van der Waals surface area contributed by atoms with Gasteiger partial charge in [0, 0.05) is 24.2 Å². The van der Waals surface area contributed by atoms with Crippen LogP contribution in [-0.4, -0.2) is 34.1 Å². The highest BCUT2D eigenvalue weighted by atomic mass is 16.3. The Bertz CT molecular complexity index is 1290. The van der Waals surface area contributed by atoms with Gasteiger partial charge in [-0.25, -0.2) is 0 Å². The first-order valence-electron chi connectivity index (χ1n) is 12.4. The molecule has 170 valence electrons. The maximum Gasteiger partial charge on any atom is 0.0952 e. The molecule has 0 amide bonds. The van der Waals surface area contributed by atoms with Crippen molar-refractivity contribution in [2.24, 2.45) is 11.8 Å². The van der Waals surface area contributed by atoms with Crippen molar-refractivity contribution in [3.8, 4) is 11.1 Å². The third kappa shape index (κ3) is 4.06. The van der Waals surface area contributed by atoms with E-state index in [0.29, 0.717) is 11.8 Å². The van der Waals surface area contributed by atoms with Crippen LogP contribution in [0.4, 0.5) is 0 Å². The average Bonchev–Trinajstić information content (AvgIpc) is 2.92. The van der Waals surface area contributed by atoms with Crippen molar-refractivity contribution in [1.82, 2.24) is 9.88 Å². The third-order valence-corrected chi connectivity index (χ3v) is 7.77. The van der Waals surface area contributed by atoms with Gasteiger partial charge < -0.3 is 5.11 Å². The molecule has 7 rings (SSSR count). The molecule has 0 spiro atoms. The summed E-state index contributed by atoms with van der Waals surface area (Å²) >= 11 is 0. The minimum absolute atomic E-state index is 0.180. The maximum atomic E-state index is 11.4. The SMILES string of the molecule is O[C@H](c1ccnc2ccccc12)C1CC2CCN1CC2/C=C/c1ccc(-c2ccccc2)cc1. The molecular weight excluding hydrogens is 416 g/mol. The summed E-state index contributed by atoms with van der Waals surface area (Å²) in [5.74, 6) is 1.16. The first-order chi connectivity index (χ1) is 16.8. The molecule has 5 atom stereocenters. The van der Waals surface area contributed by atoms with Gasteiger partial charge in [0.05, 0.1) is 11.6 Å². The molecule has 3 aromatic carbocycles. The number of nitrogens with zero attached hydrogens (tertiary/aromatic N) is 2. The van der Waals surface area contributed by atoms with Crippen LogP contribution < -0.4 is 0 Å². The summed E-state index contributed by atoms with van der Waals surface area (Å²) in [5.41, 5.74) is 5.71. The van der Waals surface area contributed by atoms with Gasteiger partial charge in [0.15, 0.2) is 0 Å². The Kier molecular flexibility index (Phi) is 5.74. The number of rotatable bonds is 5. The van der Waals surface area contributed by atoms with Crippen LogP contribution in [0, 0.1) is 11.8 Å². The summed E-state index contributed by atoms with van der Waals surface area (Å²) in [4.78, 5) is 6.98. The molecule has 3 nitrogen and oxygen atoms in total. The quantitative estimate of drug-likeness (QED) is 0.388. The lowest BCUT2D eigenvalue weighted by atomic mass is 9.73. The Hall–Kier alpha value is -3.27. The predicted molar refractivity (Wildman–Crippen MR) is 139 cm³/mol. The number of piperidine rings is 3. The topological polar surface area (TPSA) is 36.4 Å². The standard InChI is InChI=1S/C31H30N2O/c34-31(28-16-18-32-29-9-5-4-8-27(28)29)30-20-25-17-19-33(30)21-26(25)15-12-22-10-13-24(14-11-22)23-6-2-1-3-7-23/h1-16,18,25-26,30-31,34H,17,19-21H2/b15-12+/t25?,26?,30?,31-/m1/s1. The van der Waals surface area contributed by atoms with E-state index in [2.05, 4.69) is 82.7 Å². The Morgan fingerprint density at radius 2 is 1.65 bits per heavy atom. The molecule has 0 aliphatic carbocycles. The van der Waals surface area contributed by atoms with E-state index in [-0.39, 0.29) is 6.04 Å². The number of hydrogen-bond acceptors (Lipinski definition) is 3. The smallest absolute Gasteiger partial charge is 0.0952 e. The van der Waals surface area contributed by atoms with Gasteiger partial charge >= 0.3 is 0 Å². The van der Waals surface area contributed by atoms with Crippen molar-refractivity contribution in [3.63, 3.8) is 0 Å². The molecule has 4 aromatic rings. The minimum atomic E-state index is -0.480. The molecular formula is C31H30N2O. The van der Waals surface area contributed by atoms with Crippen molar-refractivity contribution >= 4 is 17.0 Å². The normalized spacial score (nSPS) is 25.1. The molecule has 3 saturated heterocycles. The molecule has 2 bridgehead atoms. The number of para-hydroxylation sites is 1. The van der Waals surface area contributed by atoms with Crippen LogP contribution in [0.15, 0.2) is 97.2 Å². The van der Waals surface area contributed by atoms with Gasteiger partial charge in [-0.2, -0.15) is 0 Å². The molecule has 0 radical (unpaired) electrons. The molecule has 3 aliphatic rings. The number of hydrogen-bond donors (Lipinski definition) is 1. The highest BCUT2D eigenvalue weighted by molar-refractivity contribution is 5.82. The maximum absolute atomic E-state index is 11.4. The summed E-state index contributed by atoms with van der Waals surface area (Å²) in [6.07, 6.45) is 8.28. The fourth-order valence-electron chi connectivity index (χ4n) is 5.89. The zero-order valence-corrected chi connectivity index (χ0v) is 19.3. The first-order valence-corrected chi connectivity index (χ1v) is 12.4. The van der Waals surface area contributed by atoms with E-state index in [4.69, 9.17) is 0 Å². The summed E-state index contributed by atoms with van der Waals surface area (Å²) in [5, 5.41) is 12.5. The molecule has 34 heavy (non-hydrogen) atoms. The van der Waals surface area contributed by atoms with Crippen LogP contribution in [0.1, 0.15) is 30.1 Å². The minimum Gasteiger partial charge on any atom is -0.387 e. The van der Waals surface area contributed by atoms with Crippen molar-refractivity contribution in [1.29, 1.82) is 0 Å². The Labute approximate surface area is 201 Å². The molecule has 3 heteroatoms. The second-order valence-corrected chi connectivity index (χ2v) is 9.72. The number of fused-ring (bicyclic) bond motifs is 4. The van der Waals surface area contributed by atoms with Gasteiger partial charge in [-0.15, -0.1) is 0 Å². The number of aromatic nitrogens is 1. The Morgan fingerprint density at radius 1 is 0.882 bits per heavy atom. The molecule has 0 saturated carbocycles. The Balaban J connectivity index is 1.15. The van der Waals surface area contributed by atoms with Crippen LogP contribution in [-0.2, 0) is 0 Å². The largest absolute Gasteiger partial charge is 0.387 e. The van der Waals surface area contributed by atoms with Crippen molar-refractivity contribution in [2.45, 2.75) is 25.0 Å². The van der Waals surface area contributed by atoms with Crippen LogP contribution in [0.5, 0.6) is 0 Å². The highest BCUT2D eigenvalue weighted by Gasteiger charge is 2.42. The molecule has 1 aromatic heterocycles. The number of pyridine rings is 1. The third-order valence-electron chi connectivity index (χ3n) is 7.77. The second kappa shape index (κ2) is 9.17. The Morgan fingerprint density at radius 3 is 2.44 bits per heavy atom. The van der Waals surface area contributed by atoms with Gasteiger partial charge in [-0.3, -0.25) is 9.88 Å². The van der Waals surface area contributed by atoms with Gasteiger partial charge in [-0.1, -0.05) is 84.9 Å². The van der Waals surface area contributed by atoms with Crippen LogP contribution in [0.2, 0.25) is 0 Å². The predicted octanol–water partition coefficient (Wildman–Crippen LogP) is 6.36. The number of aliphatic hydroxyl groups is 1. The van der Waals surface area contributed by atoms with E-state index in [1.807, 2.05) is 30.5 Å². The summed E-state index contributed by atoms with van der Waals surface area (Å²) in [6, 6.07) is 29.6. The van der Waals surface area contributed by atoms with Crippen molar-refractivity contribution in [3.05, 3.63) is 108 Å². The molecule has 3 fully saturated rings. The van der Waals surface area contributed by atoms with Gasteiger partial charge in [-0.05, 0) is 65.6 Å². The lowest BCUT2D eigenvalue weighted by Crippen LogP contribution is -2.54. The number of benzene rings is 3. The van der Waals surface area contributed by atoms with E-state index in [1.54, 1.807) is 0 Å². The van der Waals surface area contributed by atoms with Gasteiger partial charge in [0.2, 0.25) is 0 Å². The van der Waals surface area contributed by atoms with Crippen LogP contribution in [0.3, 0.4) is 0 Å². The van der Waals surface area contributed by atoms with E-state index >= 15 is 0 Å². The summed E-state index contributed by atoms with van der Waals surface area (Å²) in [7, 11) is 0. The lowest BCUT2D eigenvalue weighted by molar-refractivity contribution is -0.0444. The van der Waals surface area contributed by atoms with E-state index in [1.165, 1.54) is 23.1 Å². The molecule has 1 N–H and O–H groups in total. The van der Waals surface area contributed by atoms with Crippen molar-refractivity contribution < 1.29 is 5.11 Å². The highest BCUT2D eigenvalue weighted by Crippen LogP contribution is 2.42. The zero-order chi connectivity index (χ0) is 22.9.